The van der Waals surface area contributed by atoms with Crippen LogP contribution in [0.4, 0.5) is 4.79 Å². The molecule has 0 aliphatic carbocycles. The Morgan fingerprint density at radius 1 is 1.16 bits per heavy atom. The number of fused-ring (bicyclic) bond motifs is 3. The normalized spacial score (nSPS) is 13.9. The molecule has 6 nitrogen and oxygen atoms in total. The zero-order chi connectivity index (χ0) is 21.4. The van der Waals surface area contributed by atoms with Crippen molar-refractivity contribution in [1.29, 1.82) is 0 Å². The summed E-state index contributed by atoms with van der Waals surface area (Å²) in [5, 5.41) is 9.02. The number of allylic oxidation sites excluding steroid dienone is 1. The van der Waals surface area contributed by atoms with Gasteiger partial charge in [-0.3, -0.25) is 0 Å². The number of nitrogens with zero attached hydrogens (tertiary/aromatic N) is 2. The van der Waals surface area contributed by atoms with Crippen LogP contribution in [0.5, 0.6) is 11.5 Å². The minimum atomic E-state index is -1.35. The van der Waals surface area contributed by atoms with Crippen LogP contribution in [-0.4, -0.2) is 20.8 Å². The van der Waals surface area contributed by atoms with Crippen molar-refractivity contribution in [3.8, 4) is 11.5 Å². The highest BCUT2D eigenvalue weighted by Gasteiger charge is 2.20. The van der Waals surface area contributed by atoms with E-state index in [2.05, 4.69) is 40.7 Å². The first-order valence-corrected chi connectivity index (χ1v) is 9.96. The Morgan fingerprint density at radius 2 is 2.03 bits per heavy atom. The Bertz CT molecular complexity index is 1340. The molecule has 1 aliphatic rings. The van der Waals surface area contributed by atoms with Crippen LogP contribution >= 0.6 is 0 Å². The van der Waals surface area contributed by atoms with Crippen LogP contribution in [0.25, 0.3) is 16.6 Å². The molecule has 4 aromatic rings. The summed E-state index contributed by atoms with van der Waals surface area (Å²) in [6, 6.07) is 19.3. The van der Waals surface area contributed by atoms with Gasteiger partial charge < -0.3 is 19.1 Å². The van der Waals surface area contributed by atoms with Crippen molar-refractivity contribution >= 4 is 22.8 Å². The molecule has 1 aliphatic heterocycles. The van der Waals surface area contributed by atoms with Gasteiger partial charge in [0.15, 0.2) is 0 Å². The molecule has 0 bridgehead atoms. The predicted octanol–water partition coefficient (Wildman–Crippen LogP) is 5.43. The Hall–Kier alpha value is -4.06. The minimum absolute atomic E-state index is 0.254. The summed E-state index contributed by atoms with van der Waals surface area (Å²) in [4.78, 5) is 15.5. The van der Waals surface area contributed by atoms with E-state index >= 15 is 0 Å². The molecule has 1 N–H and O–H groups in total. The summed E-state index contributed by atoms with van der Waals surface area (Å²) < 4.78 is 13.0. The molecule has 0 atom stereocenters. The molecule has 0 amide bonds. The maximum atomic E-state index is 11.0. The van der Waals surface area contributed by atoms with Gasteiger partial charge in [-0.1, -0.05) is 36.4 Å². The number of benzene rings is 3. The van der Waals surface area contributed by atoms with Crippen LogP contribution in [0, 0.1) is 6.92 Å². The number of aromatic nitrogens is 2. The molecule has 0 saturated heterocycles. The number of ether oxygens (including phenoxy) is 2. The fourth-order valence-corrected chi connectivity index (χ4v) is 3.94. The number of hydrogen-bond acceptors (Lipinski definition) is 4. The van der Waals surface area contributed by atoms with Gasteiger partial charge in [-0.2, -0.15) is 0 Å². The lowest BCUT2D eigenvalue weighted by Crippen LogP contribution is -2.03. The van der Waals surface area contributed by atoms with Gasteiger partial charge in [0.1, 0.15) is 18.1 Å². The van der Waals surface area contributed by atoms with E-state index in [-0.39, 0.29) is 5.75 Å². The summed E-state index contributed by atoms with van der Waals surface area (Å²) in [7, 11) is 0. The van der Waals surface area contributed by atoms with E-state index in [4.69, 9.17) is 14.6 Å². The quantitative estimate of drug-likeness (QED) is 0.359. The van der Waals surface area contributed by atoms with Gasteiger partial charge in [0.25, 0.3) is 0 Å². The van der Waals surface area contributed by atoms with E-state index in [1.165, 1.54) is 5.56 Å². The monoisotopic (exact) mass is 412 g/mol. The molecule has 0 unspecified atom stereocenters. The second-order valence-electron chi connectivity index (χ2n) is 7.48. The van der Waals surface area contributed by atoms with E-state index in [1.807, 2.05) is 30.6 Å². The van der Waals surface area contributed by atoms with Crippen molar-refractivity contribution in [2.75, 3.05) is 0 Å². The molecule has 0 fully saturated rings. The van der Waals surface area contributed by atoms with E-state index in [9.17, 15) is 4.79 Å². The van der Waals surface area contributed by atoms with Crippen LogP contribution < -0.4 is 9.47 Å². The Balaban J connectivity index is 1.63. The second-order valence-corrected chi connectivity index (χ2v) is 7.48. The Kier molecular flexibility index (Phi) is 4.67. The molecule has 5 rings (SSSR count). The zero-order valence-electron chi connectivity index (χ0n) is 16.9. The van der Waals surface area contributed by atoms with Gasteiger partial charge in [-0.15, -0.1) is 0 Å². The fourth-order valence-electron chi connectivity index (χ4n) is 3.94. The standard InChI is InChI=1S/C25H20N2O4/c1-16-6-8-22-23(12-16)27(15-26-22)11-10-20-19-5-3-2-4-17(19)14-30-24-9-7-18(13-21(20)24)31-25(28)29/h2-10,12-13,15H,11,14H2,1H3,(H,28,29). The third kappa shape index (κ3) is 3.64. The predicted molar refractivity (Wildman–Crippen MR) is 117 cm³/mol. The molecule has 2 heterocycles. The highest BCUT2D eigenvalue weighted by Crippen LogP contribution is 2.39. The summed E-state index contributed by atoms with van der Waals surface area (Å²) >= 11 is 0. The molecular weight excluding hydrogens is 392 g/mol. The number of rotatable bonds is 3. The van der Waals surface area contributed by atoms with E-state index in [0.717, 1.165) is 33.3 Å². The first-order valence-electron chi connectivity index (χ1n) is 9.96. The maximum absolute atomic E-state index is 11.0. The molecule has 0 saturated carbocycles. The van der Waals surface area contributed by atoms with Crippen molar-refractivity contribution in [2.24, 2.45) is 0 Å². The third-order valence-corrected chi connectivity index (χ3v) is 5.41. The van der Waals surface area contributed by atoms with Crippen LogP contribution in [-0.2, 0) is 13.2 Å². The van der Waals surface area contributed by atoms with Gasteiger partial charge in [-0.05, 0) is 59.5 Å². The number of carboxylic acid groups (broad SMARTS) is 1. The Morgan fingerprint density at radius 3 is 2.90 bits per heavy atom. The number of imidazole rings is 1. The average molecular weight is 412 g/mol. The van der Waals surface area contributed by atoms with Crippen LogP contribution in [0.3, 0.4) is 0 Å². The van der Waals surface area contributed by atoms with Gasteiger partial charge in [0.05, 0.1) is 17.4 Å². The van der Waals surface area contributed by atoms with Gasteiger partial charge in [0, 0.05) is 12.1 Å². The van der Waals surface area contributed by atoms with Gasteiger partial charge in [0.2, 0.25) is 0 Å². The lowest BCUT2D eigenvalue weighted by molar-refractivity contribution is 0.144. The smallest absolute Gasteiger partial charge is 0.488 e. The molecule has 0 radical (unpaired) electrons. The summed E-state index contributed by atoms with van der Waals surface area (Å²) in [5.41, 5.74) is 7.07. The molecular formula is C25H20N2O4. The van der Waals surface area contributed by atoms with Crippen LogP contribution in [0.15, 0.2) is 73.1 Å². The lowest BCUT2D eigenvalue weighted by atomic mass is 9.94. The highest BCUT2D eigenvalue weighted by atomic mass is 16.7. The molecule has 6 heteroatoms. The molecule has 3 aromatic carbocycles. The Labute approximate surface area is 179 Å². The molecule has 1 aromatic heterocycles. The first kappa shape index (κ1) is 18.9. The first-order chi connectivity index (χ1) is 15.1. The molecule has 154 valence electrons. The SMILES string of the molecule is Cc1ccc2ncn(CC=C3c4ccccc4COc4ccc(OC(=O)O)cc43)c2c1. The third-order valence-electron chi connectivity index (χ3n) is 5.41. The molecule has 0 spiro atoms. The summed E-state index contributed by atoms with van der Waals surface area (Å²) in [6.45, 7) is 3.11. The second kappa shape index (κ2) is 7.65. The summed E-state index contributed by atoms with van der Waals surface area (Å²) in [6.07, 6.45) is 2.62. The minimum Gasteiger partial charge on any atom is -0.488 e. The van der Waals surface area contributed by atoms with Crippen LogP contribution in [0.2, 0.25) is 0 Å². The number of aryl methyl sites for hydroxylation is 1. The lowest BCUT2D eigenvalue weighted by Gasteiger charge is -2.12. The topological polar surface area (TPSA) is 73.6 Å². The summed E-state index contributed by atoms with van der Waals surface area (Å²) in [5.74, 6) is 0.940. The van der Waals surface area contributed by atoms with Gasteiger partial charge in [-0.25, -0.2) is 9.78 Å². The van der Waals surface area contributed by atoms with Crippen molar-refractivity contribution in [2.45, 2.75) is 20.1 Å². The van der Waals surface area contributed by atoms with Crippen LogP contribution in [0.1, 0.15) is 22.3 Å². The highest BCUT2D eigenvalue weighted by molar-refractivity contribution is 5.86. The van der Waals surface area contributed by atoms with Crippen molar-refractivity contribution in [3.63, 3.8) is 0 Å². The van der Waals surface area contributed by atoms with E-state index < -0.39 is 6.16 Å². The van der Waals surface area contributed by atoms with Gasteiger partial charge >= 0.3 is 6.16 Å². The largest absolute Gasteiger partial charge is 0.511 e. The number of hydrogen-bond donors (Lipinski definition) is 1. The maximum Gasteiger partial charge on any atom is 0.511 e. The van der Waals surface area contributed by atoms with E-state index in [0.29, 0.717) is 18.9 Å². The van der Waals surface area contributed by atoms with Crippen molar-refractivity contribution < 1.29 is 19.4 Å². The van der Waals surface area contributed by atoms with E-state index in [1.54, 1.807) is 18.2 Å². The molecule has 31 heavy (non-hydrogen) atoms. The van der Waals surface area contributed by atoms with Crippen molar-refractivity contribution in [3.05, 3.63) is 95.3 Å². The fraction of sp³-hybridized carbons (Fsp3) is 0.120. The number of carbonyl (C=O) groups is 1. The van der Waals surface area contributed by atoms with Crippen molar-refractivity contribution in [1.82, 2.24) is 9.55 Å². The zero-order valence-corrected chi connectivity index (χ0v) is 16.9. The average Bonchev–Trinajstić information content (AvgIpc) is 3.08.